The van der Waals surface area contributed by atoms with E-state index in [0.717, 1.165) is 38.4 Å². The quantitative estimate of drug-likeness (QED) is 0.275. The summed E-state index contributed by atoms with van der Waals surface area (Å²) in [4.78, 5) is 25.1. The van der Waals surface area contributed by atoms with Crippen LogP contribution in [0.3, 0.4) is 0 Å². The molecular weight excluding hydrogens is 484 g/mol. The molecule has 2 aliphatic rings. The number of hydrogen-bond acceptors (Lipinski definition) is 5. The highest BCUT2D eigenvalue weighted by Crippen LogP contribution is 2.46. The van der Waals surface area contributed by atoms with Crippen molar-refractivity contribution in [1.82, 2.24) is 4.57 Å². The van der Waals surface area contributed by atoms with Gasteiger partial charge in [-0.1, -0.05) is 46.3 Å². The highest BCUT2D eigenvalue weighted by molar-refractivity contribution is 9.10. The van der Waals surface area contributed by atoms with Gasteiger partial charge in [-0.25, -0.2) is 9.59 Å². The smallest absolute Gasteiger partial charge is 0.340 e. The number of rotatable bonds is 4. The van der Waals surface area contributed by atoms with E-state index in [0.29, 0.717) is 16.6 Å². The zero-order valence-corrected chi connectivity index (χ0v) is 19.8. The van der Waals surface area contributed by atoms with E-state index in [-0.39, 0.29) is 5.57 Å². The number of methoxy groups -OCH3 is 2. The number of ether oxygens (including phenoxy) is 2. The molecule has 0 saturated carbocycles. The number of nitrogens with zero attached hydrogens (tertiary/aromatic N) is 2. The predicted molar refractivity (Wildman–Crippen MR) is 129 cm³/mol. The molecule has 7 heteroatoms. The topological polar surface area (TPSA) is 81.3 Å². The third-order valence-electron chi connectivity index (χ3n) is 5.55. The Labute approximate surface area is 199 Å². The molecule has 1 aromatic carbocycles. The van der Waals surface area contributed by atoms with Crippen molar-refractivity contribution >= 4 is 44.2 Å². The molecule has 0 unspecified atom stereocenters. The van der Waals surface area contributed by atoms with Crippen LogP contribution in [0.2, 0.25) is 0 Å². The minimum absolute atomic E-state index is 0.00144. The zero-order valence-electron chi connectivity index (χ0n) is 18.2. The number of nitriles is 1. The second-order valence-corrected chi connectivity index (χ2v) is 8.21. The Morgan fingerprint density at radius 1 is 0.970 bits per heavy atom. The van der Waals surface area contributed by atoms with Gasteiger partial charge >= 0.3 is 11.9 Å². The summed E-state index contributed by atoms with van der Waals surface area (Å²) >= 11 is 3.45. The molecule has 2 aromatic rings. The van der Waals surface area contributed by atoms with Gasteiger partial charge in [0.1, 0.15) is 6.07 Å². The number of halogens is 1. The van der Waals surface area contributed by atoms with Crippen molar-refractivity contribution in [3.05, 3.63) is 82.1 Å². The molecule has 6 nitrogen and oxygen atoms in total. The van der Waals surface area contributed by atoms with Gasteiger partial charge in [-0.05, 0) is 36.8 Å². The average Bonchev–Trinajstić information content (AvgIpc) is 3.16. The number of aryl methyl sites for hydroxylation is 1. The Kier molecular flexibility index (Phi) is 6.03. The van der Waals surface area contributed by atoms with Crippen LogP contribution in [-0.2, 0) is 19.1 Å². The summed E-state index contributed by atoms with van der Waals surface area (Å²) in [6, 6.07) is 19.4. The van der Waals surface area contributed by atoms with Gasteiger partial charge in [-0.3, -0.25) is 0 Å². The lowest BCUT2D eigenvalue weighted by atomic mass is 10.1. The first-order chi connectivity index (χ1) is 15.9. The molecule has 0 bridgehead atoms. The predicted octanol–water partition coefficient (Wildman–Crippen LogP) is 5.41. The minimum Gasteiger partial charge on any atom is -0.466 e. The SMILES string of the molecule is COC(=O)/C=C(\C(=O)OC)c1c2c(C#N)c3cccccc-3c2c(C)n1-c1ccc(Br)cc1. The van der Waals surface area contributed by atoms with Crippen molar-refractivity contribution in [1.29, 1.82) is 5.26 Å². The van der Waals surface area contributed by atoms with E-state index >= 15 is 0 Å². The van der Waals surface area contributed by atoms with E-state index < -0.39 is 11.9 Å². The van der Waals surface area contributed by atoms with Crippen LogP contribution in [0.1, 0.15) is 17.0 Å². The van der Waals surface area contributed by atoms with Crippen molar-refractivity contribution in [2.24, 2.45) is 0 Å². The van der Waals surface area contributed by atoms with E-state index in [1.807, 2.05) is 66.1 Å². The van der Waals surface area contributed by atoms with Gasteiger partial charge in [0.2, 0.25) is 0 Å². The number of carbonyl (C=O) groups is 2. The van der Waals surface area contributed by atoms with E-state index in [1.54, 1.807) is 0 Å². The van der Waals surface area contributed by atoms with Crippen LogP contribution >= 0.6 is 15.9 Å². The summed E-state index contributed by atoms with van der Waals surface area (Å²) in [6.07, 6.45) is 1.11. The second-order valence-electron chi connectivity index (χ2n) is 7.29. The molecule has 1 heterocycles. The zero-order chi connectivity index (χ0) is 23.7. The first kappa shape index (κ1) is 22.3. The monoisotopic (exact) mass is 502 g/mol. The van der Waals surface area contributed by atoms with Crippen LogP contribution in [-0.4, -0.2) is 30.7 Å². The molecule has 0 atom stereocenters. The van der Waals surface area contributed by atoms with Crippen LogP contribution in [0, 0.1) is 18.3 Å². The fourth-order valence-electron chi connectivity index (χ4n) is 4.18. The second kappa shape index (κ2) is 8.93. The number of aromatic nitrogens is 1. The lowest BCUT2D eigenvalue weighted by molar-refractivity contribution is -0.136. The Morgan fingerprint density at radius 3 is 2.24 bits per heavy atom. The fraction of sp³-hybridized carbons (Fsp3) is 0.115. The molecule has 1 aromatic heterocycles. The normalized spacial score (nSPS) is 11.4. The number of fused-ring (bicyclic) bond motifs is 3. The molecular formula is C26H19BrN2O4. The fourth-order valence-corrected chi connectivity index (χ4v) is 4.44. The number of carbonyl (C=O) groups excluding carboxylic acids is 2. The van der Waals surface area contributed by atoms with E-state index in [2.05, 4.69) is 22.0 Å². The first-order valence-corrected chi connectivity index (χ1v) is 10.8. The molecule has 164 valence electrons. The van der Waals surface area contributed by atoms with Crippen LogP contribution in [0.25, 0.3) is 33.2 Å². The van der Waals surface area contributed by atoms with Gasteiger partial charge in [-0.2, -0.15) is 5.26 Å². The van der Waals surface area contributed by atoms with Crippen LogP contribution in [0.4, 0.5) is 0 Å². The van der Waals surface area contributed by atoms with Gasteiger partial charge in [0.25, 0.3) is 0 Å². The Hall–Kier alpha value is -3.89. The van der Waals surface area contributed by atoms with Gasteiger partial charge < -0.3 is 14.0 Å². The van der Waals surface area contributed by atoms with Crippen molar-refractivity contribution in [2.45, 2.75) is 6.92 Å². The van der Waals surface area contributed by atoms with Crippen molar-refractivity contribution in [2.75, 3.05) is 14.2 Å². The van der Waals surface area contributed by atoms with Gasteiger partial charge in [0.15, 0.2) is 0 Å². The largest absolute Gasteiger partial charge is 0.466 e. The Morgan fingerprint density at radius 2 is 1.64 bits per heavy atom. The van der Waals surface area contributed by atoms with Gasteiger partial charge in [0.05, 0.1) is 31.1 Å². The summed E-state index contributed by atoms with van der Waals surface area (Å²) < 4.78 is 12.6. The van der Waals surface area contributed by atoms with Crippen molar-refractivity contribution in [3.8, 4) is 22.9 Å². The summed E-state index contributed by atoms with van der Waals surface area (Å²) in [7, 11) is 2.48. The third kappa shape index (κ3) is 3.69. The molecule has 0 fully saturated rings. The molecule has 0 saturated heterocycles. The van der Waals surface area contributed by atoms with E-state index in [9.17, 15) is 14.9 Å². The standard InChI is InChI=1S/C26H19BrN2O4/c1-15-23-19-8-6-4-5-7-18(19)21(14-28)24(23)25(20(26(31)33-3)13-22(30)32-2)29(15)17-11-9-16(27)10-12-17/h4-13H,1-3H3/b20-13-. The summed E-state index contributed by atoms with van der Waals surface area (Å²) in [5.74, 6) is -1.41. The molecule has 0 aliphatic heterocycles. The maximum Gasteiger partial charge on any atom is 0.340 e. The first-order valence-electron chi connectivity index (χ1n) is 10.0. The van der Waals surface area contributed by atoms with Gasteiger partial charge in [0, 0.05) is 38.3 Å². The van der Waals surface area contributed by atoms with Gasteiger partial charge in [-0.15, -0.1) is 0 Å². The molecule has 0 spiro atoms. The van der Waals surface area contributed by atoms with Crippen LogP contribution in [0.5, 0.6) is 0 Å². The average molecular weight is 503 g/mol. The minimum atomic E-state index is -0.710. The number of benzene rings is 1. The molecule has 0 N–H and O–H groups in total. The molecule has 0 amide bonds. The highest BCUT2D eigenvalue weighted by Gasteiger charge is 2.31. The molecule has 0 radical (unpaired) electrons. The van der Waals surface area contributed by atoms with Crippen molar-refractivity contribution in [3.63, 3.8) is 0 Å². The number of hydrogen-bond donors (Lipinski definition) is 0. The Balaban J connectivity index is 2.26. The molecule has 2 aliphatic carbocycles. The van der Waals surface area contributed by atoms with E-state index in [4.69, 9.17) is 9.47 Å². The maximum atomic E-state index is 12.9. The Bertz CT molecular complexity index is 1440. The summed E-state index contributed by atoms with van der Waals surface area (Å²) in [6.45, 7) is 1.93. The third-order valence-corrected chi connectivity index (χ3v) is 6.08. The lowest BCUT2D eigenvalue weighted by Gasteiger charge is -2.15. The highest BCUT2D eigenvalue weighted by atomic mass is 79.9. The van der Waals surface area contributed by atoms with E-state index in [1.165, 1.54) is 14.2 Å². The van der Waals surface area contributed by atoms with Crippen LogP contribution < -0.4 is 0 Å². The number of esters is 2. The summed E-state index contributed by atoms with van der Waals surface area (Å²) in [5, 5.41) is 11.6. The molecule has 4 rings (SSSR count). The molecule has 33 heavy (non-hydrogen) atoms. The van der Waals surface area contributed by atoms with Crippen LogP contribution in [0.15, 0.2) is 65.1 Å². The van der Waals surface area contributed by atoms with Crippen molar-refractivity contribution < 1.29 is 19.1 Å². The maximum absolute atomic E-state index is 12.9. The summed E-state index contributed by atoms with van der Waals surface area (Å²) in [5.41, 5.74) is 4.05. The lowest BCUT2D eigenvalue weighted by Crippen LogP contribution is -2.12.